The molecule has 0 aromatic carbocycles. The summed E-state index contributed by atoms with van der Waals surface area (Å²) in [5.74, 6) is 7.70. The molecule has 0 amide bonds. The van der Waals surface area contributed by atoms with Gasteiger partial charge in [-0.1, -0.05) is 6.07 Å². The van der Waals surface area contributed by atoms with Gasteiger partial charge in [0.1, 0.15) is 5.72 Å². The summed E-state index contributed by atoms with van der Waals surface area (Å²) in [6.07, 6.45) is 5.99. The van der Waals surface area contributed by atoms with Crippen molar-refractivity contribution in [3.8, 4) is 0 Å². The predicted octanol–water partition coefficient (Wildman–Crippen LogP) is 1.65. The highest BCUT2D eigenvalue weighted by Gasteiger charge is 2.92. The zero-order valence-electron chi connectivity index (χ0n) is 11.3. The van der Waals surface area contributed by atoms with Crippen LogP contribution < -0.4 is 5.32 Å². The fourth-order valence-corrected chi connectivity index (χ4v) is 8.03. The van der Waals surface area contributed by atoms with E-state index in [-0.39, 0.29) is 5.72 Å². The maximum Gasteiger partial charge on any atom is 0.126 e. The zero-order chi connectivity index (χ0) is 12.6. The average molecular weight is 266 g/mol. The molecule has 3 heterocycles. The van der Waals surface area contributed by atoms with Crippen LogP contribution in [0.5, 0.6) is 0 Å². The van der Waals surface area contributed by atoms with Crippen LogP contribution in [0.1, 0.15) is 12.0 Å². The average Bonchev–Trinajstić information content (AvgIpc) is 3.10. The van der Waals surface area contributed by atoms with E-state index in [1.54, 1.807) is 0 Å². The molecule has 4 bridgehead atoms. The SMILES string of the molecule is c1cncc(CN[C@]23O[C@@H]4[C@@H]5[C@H]6[C@@H]7C[C@H]([C@H]6[C@H]52)[C@H]3[C@@H]74)c1. The van der Waals surface area contributed by atoms with Crippen molar-refractivity contribution in [3.05, 3.63) is 30.1 Å². The molecule has 8 rings (SSSR count). The quantitative estimate of drug-likeness (QED) is 0.903. The molecule has 7 fully saturated rings. The van der Waals surface area contributed by atoms with Gasteiger partial charge in [-0.2, -0.15) is 0 Å². The Labute approximate surface area is 118 Å². The third-order valence-electron chi connectivity index (χ3n) is 7.99. The van der Waals surface area contributed by atoms with Gasteiger partial charge in [-0.25, -0.2) is 0 Å². The van der Waals surface area contributed by atoms with E-state index in [1.165, 1.54) is 12.0 Å². The van der Waals surface area contributed by atoms with Crippen molar-refractivity contribution in [2.24, 2.45) is 47.3 Å². The first-order valence-corrected chi connectivity index (χ1v) is 8.22. The van der Waals surface area contributed by atoms with E-state index in [9.17, 15) is 0 Å². The van der Waals surface area contributed by atoms with Gasteiger partial charge in [0.2, 0.25) is 0 Å². The normalized spacial score (nSPS) is 64.7. The molecule has 5 saturated carbocycles. The fourth-order valence-electron chi connectivity index (χ4n) is 8.03. The van der Waals surface area contributed by atoms with Crippen LogP contribution in [0, 0.1) is 47.3 Å². The van der Waals surface area contributed by atoms with Crippen LogP contribution in [-0.4, -0.2) is 16.8 Å². The molecular weight excluding hydrogens is 248 g/mol. The summed E-state index contributed by atoms with van der Waals surface area (Å²) >= 11 is 0. The third-order valence-corrected chi connectivity index (χ3v) is 7.99. The van der Waals surface area contributed by atoms with Crippen LogP contribution in [0.2, 0.25) is 0 Å². The number of nitrogens with one attached hydrogen (secondary N) is 1. The summed E-state index contributed by atoms with van der Waals surface area (Å²) in [5, 5.41) is 3.88. The first-order valence-electron chi connectivity index (χ1n) is 8.22. The molecule has 20 heavy (non-hydrogen) atoms. The Morgan fingerprint density at radius 2 is 2.20 bits per heavy atom. The molecule has 2 aliphatic heterocycles. The highest BCUT2D eigenvalue weighted by atomic mass is 16.5. The van der Waals surface area contributed by atoms with Crippen LogP contribution in [-0.2, 0) is 11.3 Å². The lowest BCUT2D eigenvalue weighted by Crippen LogP contribution is -2.56. The zero-order valence-corrected chi connectivity index (χ0v) is 11.3. The van der Waals surface area contributed by atoms with Gasteiger partial charge in [0, 0.05) is 30.8 Å². The van der Waals surface area contributed by atoms with E-state index >= 15 is 0 Å². The summed E-state index contributed by atoms with van der Waals surface area (Å²) in [6.45, 7) is 0.918. The van der Waals surface area contributed by atoms with Crippen molar-refractivity contribution in [1.82, 2.24) is 10.3 Å². The Morgan fingerprint density at radius 1 is 1.20 bits per heavy atom. The lowest BCUT2D eigenvalue weighted by molar-refractivity contribution is -0.0591. The molecule has 10 atom stereocenters. The van der Waals surface area contributed by atoms with Crippen LogP contribution in [0.15, 0.2) is 24.5 Å². The van der Waals surface area contributed by atoms with Crippen LogP contribution in [0.4, 0.5) is 0 Å². The lowest BCUT2D eigenvalue weighted by Gasteiger charge is -2.46. The summed E-state index contributed by atoms with van der Waals surface area (Å²) in [5.41, 5.74) is 1.35. The molecule has 1 N–H and O–H groups in total. The van der Waals surface area contributed by atoms with E-state index in [4.69, 9.17) is 4.74 Å². The second-order valence-corrected chi connectivity index (χ2v) is 8.01. The van der Waals surface area contributed by atoms with Gasteiger partial charge in [0.25, 0.3) is 0 Å². The van der Waals surface area contributed by atoms with Gasteiger partial charge < -0.3 is 4.74 Å². The van der Waals surface area contributed by atoms with Crippen LogP contribution >= 0.6 is 0 Å². The van der Waals surface area contributed by atoms with E-state index < -0.39 is 0 Å². The van der Waals surface area contributed by atoms with Gasteiger partial charge in [0.15, 0.2) is 0 Å². The molecule has 102 valence electrons. The van der Waals surface area contributed by atoms with Crippen molar-refractivity contribution in [2.45, 2.75) is 24.8 Å². The van der Waals surface area contributed by atoms with Gasteiger partial charge in [-0.05, 0) is 53.6 Å². The molecule has 0 spiro atoms. The summed E-state index contributed by atoms with van der Waals surface area (Å²) in [6, 6.07) is 4.20. The number of aromatic nitrogens is 1. The summed E-state index contributed by atoms with van der Waals surface area (Å²) < 4.78 is 6.65. The lowest BCUT2D eigenvalue weighted by atomic mass is 9.59. The number of nitrogens with zero attached hydrogens (tertiary/aromatic N) is 1. The molecule has 7 aliphatic rings. The van der Waals surface area contributed by atoms with Gasteiger partial charge >= 0.3 is 0 Å². The van der Waals surface area contributed by atoms with E-state index in [0.717, 1.165) is 53.9 Å². The first-order chi connectivity index (χ1) is 9.90. The number of hydrogen-bond donors (Lipinski definition) is 1. The van der Waals surface area contributed by atoms with Crippen LogP contribution in [0.3, 0.4) is 0 Å². The van der Waals surface area contributed by atoms with Gasteiger partial charge in [-0.3, -0.25) is 10.3 Å². The molecule has 0 unspecified atom stereocenters. The fraction of sp³-hybridized carbons (Fsp3) is 0.706. The molecule has 2 saturated heterocycles. The third kappa shape index (κ3) is 0.723. The Hall–Kier alpha value is -0.930. The molecule has 5 aliphatic carbocycles. The van der Waals surface area contributed by atoms with Crippen molar-refractivity contribution in [2.75, 3.05) is 0 Å². The minimum absolute atomic E-state index is 0.0624. The Kier molecular flexibility index (Phi) is 1.34. The van der Waals surface area contributed by atoms with Crippen molar-refractivity contribution >= 4 is 0 Å². The predicted molar refractivity (Wildman–Crippen MR) is 71.2 cm³/mol. The first kappa shape index (κ1) is 9.91. The molecule has 3 heteroatoms. The monoisotopic (exact) mass is 266 g/mol. The minimum atomic E-state index is 0.0624. The molecule has 3 nitrogen and oxygen atoms in total. The molecular formula is C17H18N2O. The highest BCUT2D eigenvalue weighted by Crippen LogP contribution is 2.89. The van der Waals surface area contributed by atoms with Crippen LogP contribution in [0.25, 0.3) is 0 Å². The molecule has 0 radical (unpaired) electrons. The van der Waals surface area contributed by atoms with Crippen molar-refractivity contribution in [3.63, 3.8) is 0 Å². The maximum atomic E-state index is 6.65. The number of pyridine rings is 1. The molecule has 1 aromatic rings. The Balaban J connectivity index is 1.29. The Morgan fingerprint density at radius 3 is 3.10 bits per heavy atom. The smallest absolute Gasteiger partial charge is 0.126 e. The largest absolute Gasteiger partial charge is 0.356 e. The molecule has 1 aromatic heterocycles. The highest BCUT2D eigenvalue weighted by molar-refractivity contribution is 5.38. The Bertz CT molecular complexity index is 623. The van der Waals surface area contributed by atoms with E-state index in [1.807, 2.05) is 18.5 Å². The topological polar surface area (TPSA) is 34.2 Å². The number of hydrogen-bond acceptors (Lipinski definition) is 3. The van der Waals surface area contributed by atoms with Gasteiger partial charge in [-0.15, -0.1) is 0 Å². The second-order valence-electron chi connectivity index (χ2n) is 8.01. The maximum absolute atomic E-state index is 6.65. The number of ether oxygens (including phenoxy) is 1. The van der Waals surface area contributed by atoms with Crippen molar-refractivity contribution in [1.29, 1.82) is 0 Å². The van der Waals surface area contributed by atoms with Gasteiger partial charge in [0.05, 0.1) is 6.10 Å². The van der Waals surface area contributed by atoms with E-state index in [2.05, 4.69) is 16.4 Å². The second kappa shape index (κ2) is 2.71. The number of rotatable bonds is 3. The van der Waals surface area contributed by atoms with E-state index in [0.29, 0.717) is 6.10 Å². The standard InChI is InChI=1S/C17H18N2O/c1-2-7(5-18-3-1)6-19-17-14-9-4-8-10-11(9)15(17)13(10)16(20-17)12(8)14/h1-3,5,8-16,19H,4,6H2/t8-,9+,10-,11+,12+,13+,14-,15+,16-,17+/m0/s1. The van der Waals surface area contributed by atoms with Crippen molar-refractivity contribution < 1.29 is 4.74 Å². The summed E-state index contributed by atoms with van der Waals surface area (Å²) in [7, 11) is 0. The minimum Gasteiger partial charge on any atom is -0.356 e. The summed E-state index contributed by atoms with van der Waals surface area (Å²) in [4.78, 5) is 4.23.